The second-order valence-corrected chi connectivity index (χ2v) is 2.81. The molecule has 0 saturated heterocycles. The minimum atomic E-state index is -0.317. The summed E-state index contributed by atoms with van der Waals surface area (Å²) in [6, 6.07) is 0. The van der Waals surface area contributed by atoms with E-state index in [2.05, 4.69) is 6.58 Å². The lowest BCUT2D eigenvalue weighted by Crippen LogP contribution is -2.07. The molecule has 0 atom stereocenters. The molecule has 0 aromatic carbocycles. The molecule has 0 aromatic heterocycles. The number of hydrogen-bond donors (Lipinski definition) is 0. The molecule has 0 radical (unpaired) electrons. The first-order chi connectivity index (χ1) is 5.70. The van der Waals surface area contributed by atoms with E-state index in [9.17, 15) is 4.79 Å². The topological polar surface area (TPSA) is 26.3 Å². The molecule has 1 rings (SSSR count). The Morgan fingerprint density at radius 2 is 2.50 bits per heavy atom. The zero-order valence-electron chi connectivity index (χ0n) is 7.17. The number of allylic oxidation sites excluding steroid dienone is 3. The molecule has 0 fully saturated rings. The summed E-state index contributed by atoms with van der Waals surface area (Å²) in [5.74, 6) is -0.317. The Hall–Kier alpha value is -1.31. The van der Waals surface area contributed by atoms with E-state index in [-0.39, 0.29) is 5.97 Å². The van der Waals surface area contributed by atoms with Crippen LogP contribution in [-0.2, 0) is 9.53 Å². The second-order valence-electron chi connectivity index (χ2n) is 2.81. The highest BCUT2D eigenvalue weighted by Crippen LogP contribution is 2.10. The number of esters is 1. The van der Waals surface area contributed by atoms with Gasteiger partial charge in [0.05, 0.1) is 0 Å². The van der Waals surface area contributed by atoms with Gasteiger partial charge in [0.25, 0.3) is 0 Å². The molecule has 0 saturated carbocycles. The van der Waals surface area contributed by atoms with Crippen molar-refractivity contribution >= 4 is 5.97 Å². The lowest BCUT2D eigenvalue weighted by molar-refractivity contribution is -0.138. The van der Waals surface area contributed by atoms with Gasteiger partial charge in [-0.05, 0) is 18.9 Å². The van der Waals surface area contributed by atoms with Crippen molar-refractivity contribution in [3.63, 3.8) is 0 Å². The molecule has 0 aliphatic heterocycles. The minimum absolute atomic E-state index is 0.317. The number of carbonyl (C=O) groups is 1. The van der Waals surface area contributed by atoms with Crippen LogP contribution in [0.15, 0.2) is 36.0 Å². The fraction of sp³-hybridized carbons (Fsp3) is 0.300. The fourth-order valence-electron chi connectivity index (χ4n) is 0.880. The van der Waals surface area contributed by atoms with E-state index in [1.807, 2.05) is 18.2 Å². The van der Waals surface area contributed by atoms with Gasteiger partial charge in [-0.25, -0.2) is 4.79 Å². The van der Waals surface area contributed by atoms with Gasteiger partial charge < -0.3 is 4.74 Å². The van der Waals surface area contributed by atoms with E-state index in [1.165, 1.54) is 0 Å². The van der Waals surface area contributed by atoms with Crippen molar-refractivity contribution in [2.24, 2.45) is 0 Å². The van der Waals surface area contributed by atoms with Crippen LogP contribution in [0.4, 0.5) is 0 Å². The lowest BCUT2D eigenvalue weighted by atomic mass is 10.2. The van der Waals surface area contributed by atoms with Gasteiger partial charge in [-0.3, -0.25) is 0 Å². The maximum atomic E-state index is 10.9. The van der Waals surface area contributed by atoms with E-state index >= 15 is 0 Å². The average molecular weight is 164 g/mol. The first kappa shape index (κ1) is 8.78. The summed E-state index contributed by atoms with van der Waals surface area (Å²) < 4.78 is 4.94. The minimum Gasteiger partial charge on any atom is -0.458 e. The van der Waals surface area contributed by atoms with E-state index in [0.717, 1.165) is 12.0 Å². The van der Waals surface area contributed by atoms with Crippen LogP contribution in [0.2, 0.25) is 0 Å². The number of carbonyl (C=O) groups excluding carboxylic acids is 1. The first-order valence-electron chi connectivity index (χ1n) is 3.87. The maximum absolute atomic E-state index is 10.9. The van der Waals surface area contributed by atoms with E-state index in [4.69, 9.17) is 4.74 Å². The molecule has 0 heterocycles. The molecular weight excluding hydrogens is 152 g/mol. The maximum Gasteiger partial charge on any atom is 0.333 e. The molecule has 2 nitrogen and oxygen atoms in total. The van der Waals surface area contributed by atoms with E-state index < -0.39 is 0 Å². The third kappa shape index (κ3) is 2.38. The Bertz CT molecular complexity index is 257. The summed E-state index contributed by atoms with van der Waals surface area (Å²) in [5.41, 5.74) is 1.58. The van der Waals surface area contributed by atoms with E-state index in [0.29, 0.717) is 12.2 Å². The molecule has 12 heavy (non-hydrogen) atoms. The predicted octanol–water partition coefficient (Wildman–Crippen LogP) is 1.99. The van der Waals surface area contributed by atoms with Crippen LogP contribution in [0, 0.1) is 0 Å². The average Bonchev–Trinajstić information content (AvgIpc) is 2.51. The largest absolute Gasteiger partial charge is 0.458 e. The molecule has 0 spiro atoms. The van der Waals surface area contributed by atoms with Crippen LogP contribution < -0.4 is 0 Å². The van der Waals surface area contributed by atoms with Crippen molar-refractivity contribution in [1.29, 1.82) is 0 Å². The number of ether oxygens (including phenoxy) is 1. The van der Waals surface area contributed by atoms with Crippen LogP contribution in [0.5, 0.6) is 0 Å². The third-order valence-corrected chi connectivity index (χ3v) is 1.59. The van der Waals surface area contributed by atoms with Crippen LogP contribution in [0.25, 0.3) is 0 Å². The molecule has 0 bridgehead atoms. The molecule has 1 aliphatic rings. The normalized spacial score (nSPS) is 14.2. The Balaban J connectivity index is 2.26. The van der Waals surface area contributed by atoms with E-state index in [1.54, 1.807) is 6.92 Å². The third-order valence-electron chi connectivity index (χ3n) is 1.59. The number of rotatable bonds is 3. The molecule has 0 aromatic rings. The molecule has 64 valence electrons. The van der Waals surface area contributed by atoms with Crippen molar-refractivity contribution < 1.29 is 9.53 Å². The van der Waals surface area contributed by atoms with Gasteiger partial charge in [0.15, 0.2) is 0 Å². The summed E-state index contributed by atoms with van der Waals surface area (Å²) in [6.45, 7) is 5.52. The quantitative estimate of drug-likeness (QED) is 0.471. The van der Waals surface area contributed by atoms with Gasteiger partial charge in [-0.2, -0.15) is 0 Å². The Morgan fingerprint density at radius 3 is 3.00 bits per heavy atom. The SMILES string of the molecule is C=C(C)C(=O)OCC1=CC=CC1. The molecule has 1 aliphatic carbocycles. The van der Waals surface area contributed by atoms with Gasteiger partial charge in [-0.1, -0.05) is 24.8 Å². The molecule has 0 unspecified atom stereocenters. The predicted molar refractivity (Wildman–Crippen MR) is 47.6 cm³/mol. The monoisotopic (exact) mass is 164 g/mol. The van der Waals surface area contributed by atoms with Crippen LogP contribution >= 0.6 is 0 Å². The Morgan fingerprint density at radius 1 is 1.75 bits per heavy atom. The van der Waals surface area contributed by atoms with Gasteiger partial charge in [0.1, 0.15) is 6.61 Å². The van der Waals surface area contributed by atoms with Crippen LogP contribution in [0.1, 0.15) is 13.3 Å². The summed E-state index contributed by atoms with van der Waals surface area (Å²) in [4.78, 5) is 10.9. The zero-order chi connectivity index (χ0) is 8.97. The van der Waals surface area contributed by atoms with Crippen LogP contribution in [0.3, 0.4) is 0 Å². The highest BCUT2D eigenvalue weighted by atomic mass is 16.5. The highest BCUT2D eigenvalue weighted by Gasteiger charge is 2.05. The second kappa shape index (κ2) is 3.90. The van der Waals surface area contributed by atoms with Gasteiger partial charge in [0.2, 0.25) is 0 Å². The van der Waals surface area contributed by atoms with Crippen molar-refractivity contribution in [2.75, 3.05) is 6.61 Å². The highest BCUT2D eigenvalue weighted by molar-refractivity contribution is 5.87. The van der Waals surface area contributed by atoms with Crippen molar-refractivity contribution in [3.8, 4) is 0 Å². The summed E-state index contributed by atoms with van der Waals surface area (Å²) in [5, 5.41) is 0. The summed E-state index contributed by atoms with van der Waals surface area (Å²) in [6.07, 6.45) is 6.85. The van der Waals surface area contributed by atoms with Crippen molar-refractivity contribution in [2.45, 2.75) is 13.3 Å². The van der Waals surface area contributed by atoms with Gasteiger partial charge in [-0.15, -0.1) is 0 Å². The smallest absolute Gasteiger partial charge is 0.333 e. The lowest BCUT2D eigenvalue weighted by Gasteiger charge is -2.03. The first-order valence-corrected chi connectivity index (χ1v) is 3.87. The molecular formula is C10H12O2. The standard InChI is InChI=1S/C10H12O2/c1-8(2)10(11)12-7-9-5-3-4-6-9/h3-5H,1,6-7H2,2H3. The summed E-state index contributed by atoms with van der Waals surface area (Å²) >= 11 is 0. The summed E-state index contributed by atoms with van der Waals surface area (Å²) in [7, 11) is 0. The Labute approximate surface area is 72.2 Å². The number of hydrogen-bond acceptors (Lipinski definition) is 2. The van der Waals surface area contributed by atoms with Crippen molar-refractivity contribution in [3.05, 3.63) is 36.0 Å². The molecule has 0 N–H and O–H groups in total. The van der Waals surface area contributed by atoms with Gasteiger partial charge >= 0.3 is 5.97 Å². The fourth-order valence-corrected chi connectivity index (χ4v) is 0.880. The van der Waals surface area contributed by atoms with Crippen molar-refractivity contribution in [1.82, 2.24) is 0 Å². The van der Waals surface area contributed by atoms with Gasteiger partial charge in [0, 0.05) is 5.57 Å². The molecule has 2 heteroatoms. The van der Waals surface area contributed by atoms with Crippen LogP contribution in [-0.4, -0.2) is 12.6 Å². The zero-order valence-corrected chi connectivity index (χ0v) is 7.17. The molecule has 0 amide bonds. The Kier molecular flexibility index (Phi) is 2.86.